The molecule has 7 rings (SSSR count). The number of pyridine rings is 1. The monoisotopic (exact) mass is 774 g/mol. The number of carbonyl (C=O) groups is 1. The number of aromatic nitrogens is 3. The molecular weight excluding hydrogens is 735 g/mol. The molecule has 0 aliphatic carbocycles. The number of halogens is 6. The van der Waals surface area contributed by atoms with Crippen molar-refractivity contribution in [2.24, 2.45) is 0 Å². The van der Waals surface area contributed by atoms with E-state index < -0.39 is 51.6 Å². The Morgan fingerprint density at radius 2 is 1.98 bits per heavy atom. The quantitative estimate of drug-likeness (QED) is 0.199. The summed E-state index contributed by atoms with van der Waals surface area (Å²) in [5.74, 6) is -1.21. The number of nitrogens with zero attached hydrogens (tertiary/aromatic N) is 8. The molecule has 6 heterocycles. The molecular formula is C37H40ClF5N8O3. The van der Waals surface area contributed by atoms with Crippen LogP contribution in [-0.2, 0) is 15.7 Å². The van der Waals surface area contributed by atoms with E-state index in [1.807, 2.05) is 11.0 Å². The molecule has 4 aliphatic rings. The lowest BCUT2D eigenvalue weighted by molar-refractivity contribution is -0.137. The van der Waals surface area contributed by atoms with Gasteiger partial charge in [0.2, 0.25) is 5.91 Å². The number of amides is 1. The molecule has 11 nitrogen and oxygen atoms in total. The summed E-state index contributed by atoms with van der Waals surface area (Å²) in [4.78, 5) is 34.2. The maximum Gasteiger partial charge on any atom is 0.418 e. The molecule has 288 valence electrons. The first-order chi connectivity index (χ1) is 26.0. The zero-order valence-corrected chi connectivity index (χ0v) is 30.3. The van der Waals surface area contributed by atoms with E-state index in [1.165, 1.54) is 18.3 Å². The Morgan fingerprint density at radius 3 is 2.80 bits per heavy atom. The zero-order chi connectivity index (χ0) is 38.0. The Labute approximate surface area is 314 Å². The molecule has 4 aliphatic heterocycles. The normalized spacial score (nSPS) is 24.2. The summed E-state index contributed by atoms with van der Waals surface area (Å²) in [6.45, 7) is 5.14. The van der Waals surface area contributed by atoms with Crippen LogP contribution in [0.3, 0.4) is 0 Å². The maximum atomic E-state index is 16.6. The van der Waals surface area contributed by atoms with Crippen molar-refractivity contribution < 1.29 is 36.2 Å². The minimum Gasteiger partial charge on any atom is -0.461 e. The van der Waals surface area contributed by atoms with Crippen molar-refractivity contribution >= 4 is 34.2 Å². The summed E-state index contributed by atoms with van der Waals surface area (Å²) < 4.78 is 85.3. The first kappa shape index (κ1) is 38.1. The van der Waals surface area contributed by atoms with Gasteiger partial charge in [-0.15, -0.1) is 0 Å². The van der Waals surface area contributed by atoms with Gasteiger partial charge in [-0.25, -0.2) is 8.78 Å². The van der Waals surface area contributed by atoms with E-state index in [9.17, 15) is 27.6 Å². The molecule has 0 radical (unpaired) electrons. The van der Waals surface area contributed by atoms with Crippen molar-refractivity contribution in [3.8, 4) is 23.3 Å². The van der Waals surface area contributed by atoms with Gasteiger partial charge in [-0.05, 0) is 31.9 Å². The van der Waals surface area contributed by atoms with E-state index in [2.05, 4.69) is 25.9 Å². The second-order valence-corrected chi connectivity index (χ2v) is 14.6. The number of alkyl halides is 4. The number of hydrogen-bond acceptors (Lipinski definition) is 10. The van der Waals surface area contributed by atoms with Gasteiger partial charge in [-0.3, -0.25) is 19.6 Å². The van der Waals surface area contributed by atoms with Crippen LogP contribution < -0.4 is 9.64 Å². The third kappa shape index (κ3) is 7.82. The first-order valence-electron chi connectivity index (χ1n) is 18.1. The van der Waals surface area contributed by atoms with Crippen molar-refractivity contribution in [3.63, 3.8) is 0 Å². The second-order valence-electron chi connectivity index (χ2n) is 14.2. The topological polar surface area (TPSA) is 111 Å². The van der Waals surface area contributed by atoms with Crippen molar-refractivity contribution in [3.05, 3.63) is 53.0 Å². The number of anilines is 1. The predicted molar refractivity (Wildman–Crippen MR) is 190 cm³/mol. The van der Waals surface area contributed by atoms with Crippen LogP contribution in [0.2, 0.25) is 5.02 Å². The Hall–Kier alpha value is -4.17. The van der Waals surface area contributed by atoms with Crippen LogP contribution in [0.15, 0.2) is 36.5 Å². The molecule has 54 heavy (non-hydrogen) atoms. The first-order valence-corrected chi connectivity index (χ1v) is 18.5. The van der Waals surface area contributed by atoms with Crippen molar-refractivity contribution in [2.75, 3.05) is 77.1 Å². The molecule has 0 saturated carbocycles. The summed E-state index contributed by atoms with van der Waals surface area (Å²) in [6.07, 6.45) is 1.32. The van der Waals surface area contributed by atoms with Crippen molar-refractivity contribution in [1.82, 2.24) is 29.7 Å². The summed E-state index contributed by atoms with van der Waals surface area (Å²) >= 11 is 5.97. The molecule has 2 aromatic heterocycles. The van der Waals surface area contributed by atoms with E-state index in [1.54, 1.807) is 9.80 Å². The Morgan fingerprint density at radius 1 is 1.13 bits per heavy atom. The van der Waals surface area contributed by atoms with Crippen molar-refractivity contribution in [1.29, 1.82) is 5.26 Å². The summed E-state index contributed by atoms with van der Waals surface area (Å²) in [7, 11) is 0. The highest BCUT2D eigenvalue weighted by Gasteiger charge is 2.49. The number of nitriles is 1. The van der Waals surface area contributed by atoms with Crippen LogP contribution in [0.5, 0.6) is 6.01 Å². The minimum absolute atomic E-state index is 0.000411. The fourth-order valence-electron chi connectivity index (χ4n) is 8.17. The Balaban J connectivity index is 1.22. The molecule has 17 heteroatoms. The molecule has 0 unspecified atom stereocenters. The van der Waals surface area contributed by atoms with E-state index >= 15 is 4.39 Å². The van der Waals surface area contributed by atoms with E-state index in [4.69, 9.17) is 21.1 Å². The van der Waals surface area contributed by atoms with Gasteiger partial charge in [0.15, 0.2) is 5.82 Å². The Bertz CT molecular complexity index is 1940. The molecule has 3 aromatic rings. The molecule has 3 atom stereocenters. The lowest BCUT2D eigenvalue weighted by Crippen LogP contribution is -2.55. The molecule has 4 fully saturated rings. The number of hydrogen-bond donors (Lipinski definition) is 0. The van der Waals surface area contributed by atoms with E-state index in [0.717, 1.165) is 38.1 Å². The number of piperazine rings is 1. The van der Waals surface area contributed by atoms with Gasteiger partial charge in [0.25, 0.3) is 0 Å². The average Bonchev–Trinajstić information content (AvgIpc) is 3.53. The average molecular weight is 775 g/mol. The highest BCUT2D eigenvalue weighted by Crippen LogP contribution is 2.44. The number of fused-ring (bicyclic) bond motifs is 2. The fraction of sp³-hybridized carbons (Fsp3) is 0.541. The number of rotatable bonds is 9. The van der Waals surface area contributed by atoms with Crippen LogP contribution in [0, 0.1) is 17.1 Å². The van der Waals surface area contributed by atoms with Crippen LogP contribution in [0.1, 0.15) is 37.7 Å². The van der Waals surface area contributed by atoms with Crippen molar-refractivity contribution in [2.45, 2.75) is 56.0 Å². The van der Waals surface area contributed by atoms with Gasteiger partial charge >= 0.3 is 12.2 Å². The standard InChI is InChI=1S/C37H40ClF5N8O3/c38-28-6-1-5-26(30(28)37(41,42)43)32-31(40)33-27(20-45-32)34(47-35(46-33)54-23-36-9-3-13-50(36)21-24(39)19-36)49-14-15-51(25(22-49)8-10-44)29(52)7-2-11-48-12-4-17-53-18-16-48/h1-2,5-7,20,24-25H,3-4,8-9,11-19,21-23H2/b7-2+/t24-,25+,36+/m1/s1. The summed E-state index contributed by atoms with van der Waals surface area (Å²) in [5.41, 5.74) is -3.32. The predicted octanol–water partition coefficient (Wildman–Crippen LogP) is 5.67. The highest BCUT2D eigenvalue weighted by molar-refractivity contribution is 6.31. The maximum absolute atomic E-state index is 16.6. The number of benzene rings is 1. The van der Waals surface area contributed by atoms with Crippen LogP contribution >= 0.6 is 11.6 Å². The van der Waals surface area contributed by atoms with E-state index in [0.29, 0.717) is 32.7 Å². The van der Waals surface area contributed by atoms with Gasteiger partial charge in [0, 0.05) is 76.7 Å². The van der Waals surface area contributed by atoms with Gasteiger partial charge in [-0.2, -0.15) is 28.4 Å². The summed E-state index contributed by atoms with van der Waals surface area (Å²) in [6, 6.07) is 4.79. The van der Waals surface area contributed by atoms with Gasteiger partial charge in [0.05, 0.1) is 46.7 Å². The molecule has 1 amide bonds. The van der Waals surface area contributed by atoms with Gasteiger partial charge in [0.1, 0.15) is 29.8 Å². The van der Waals surface area contributed by atoms with Crippen LogP contribution in [-0.4, -0.2) is 125 Å². The lowest BCUT2D eigenvalue weighted by Gasteiger charge is -2.41. The SMILES string of the molecule is N#CC[C@H]1CN(c2nc(OC[C@@]34CCCN3C[C@H](F)C4)nc3c(F)c(-c4cccc(Cl)c4C(F)(F)F)ncc23)CCN1C(=O)/C=C/CN1CCCOCC1. The third-order valence-corrected chi connectivity index (χ3v) is 11.1. The molecule has 0 spiro atoms. The lowest BCUT2D eigenvalue weighted by atomic mass is 9.95. The highest BCUT2D eigenvalue weighted by atomic mass is 35.5. The van der Waals surface area contributed by atoms with Crippen LogP contribution in [0.4, 0.5) is 27.8 Å². The van der Waals surface area contributed by atoms with E-state index in [-0.39, 0.29) is 74.3 Å². The molecule has 0 bridgehead atoms. The number of carbonyl (C=O) groups excluding carboxylic acids is 1. The fourth-order valence-corrected chi connectivity index (χ4v) is 8.45. The smallest absolute Gasteiger partial charge is 0.418 e. The zero-order valence-electron chi connectivity index (χ0n) is 29.5. The molecule has 1 aromatic carbocycles. The Kier molecular flexibility index (Phi) is 11.2. The van der Waals surface area contributed by atoms with Gasteiger partial charge < -0.3 is 19.3 Å². The largest absolute Gasteiger partial charge is 0.461 e. The van der Waals surface area contributed by atoms with Crippen LogP contribution in [0.25, 0.3) is 22.2 Å². The minimum atomic E-state index is -4.91. The second kappa shape index (κ2) is 15.9. The van der Waals surface area contributed by atoms with Gasteiger partial charge in [-0.1, -0.05) is 29.8 Å². The molecule has 4 saturated heterocycles. The summed E-state index contributed by atoms with van der Waals surface area (Å²) in [5, 5.41) is 9.22. The molecule has 0 N–H and O–H groups in total. The number of ether oxygens (including phenoxy) is 2. The third-order valence-electron chi connectivity index (χ3n) is 10.8.